The molecule has 6 rings (SSSR count). The highest BCUT2D eigenvalue weighted by Crippen LogP contribution is 2.36. The van der Waals surface area contributed by atoms with E-state index >= 15 is 0 Å². The zero-order valence-corrected chi connectivity index (χ0v) is 37.9. The van der Waals surface area contributed by atoms with Crippen LogP contribution in [0.15, 0.2) is 60.3 Å². The summed E-state index contributed by atoms with van der Waals surface area (Å²) in [6.07, 6.45) is 21.9. The Bertz CT molecular complexity index is 1250. The third-order valence-electron chi connectivity index (χ3n) is 9.85. The number of benzene rings is 2. The fraction of sp³-hybridized carbons (Fsp3) is 0.667. The van der Waals surface area contributed by atoms with Crippen molar-refractivity contribution in [2.45, 2.75) is 176 Å². The third-order valence-corrected chi connectivity index (χ3v) is 9.85. The van der Waals surface area contributed by atoms with Gasteiger partial charge in [0.1, 0.15) is 6.29 Å². The summed E-state index contributed by atoms with van der Waals surface area (Å²) in [5.41, 5.74) is 5.78. The Hall–Kier alpha value is -3.37. The molecule has 2 amide bonds. The van der Waals surface area contributed by atoms with Crippen molar-refractivity contribution in [3.63, 3.8) is 0 Å². The van der Waals surface area contributed by atoms with Crippen LogP contribution in [0.25, 0.3) is 0 Å². The summed E-state index contributed by atoms with van der Waals surface area (Å²) >= 11 is 0. The van der Waals surface area contributed by atoms with Gasteiger partial charge in [-0.3, -0.25) is 4.79 Å². The number of urea groups is 1. The van der Waals surface area contributed by atoms with Gasteiger partial charge in [-0.15, -0.1) is 0 Å². The van der Waals surface area contributed by atoms with Gasteiger partial charge in [0.2, 0.25) is 0 Å². The third kappa shape index (κ3) is 30.7. The summed E-state index contributed by atoms with van der Waals surface area (Å²) in [7, 11) is 2.98. The molecule has 0 radical (unpaired) electrons. The molecule has 1 aliphatic heterocycles. The number of hydrogen-bond donors (Lipinski definition) is 4. The van der Waals surface area contributed by atoms with Crippen LogP contribution in [0.4, 0.5) is 23.7 Å². The number of aliphatic hydroxyl groups is 1. The number of carbonyl (C=O) groups excluding carboxylic acids is 2. The van der Waals surface area contributed by atoms with Gasteiger partial charge in [0.15, 0.2) is 0 Å². The van der Waals surface area contributed by atoms with E-state index in [9.17, 15) is 22.8 Å². The quantitative estimate of drug-likeness (QED) is 0.149. The fourth-order valence-electron chi connectivity index (χ4n) is 5.81. The molecular formula is C48H83F3N4O3. The number of aryl methyl sites for hydroxylation is 1. The van der Waals surface area contributed by atoms with Crippen molar-refractivity contribution >= 4 is 18.0 Å². The first kappa shape index (κ1) is 56.7. The summed E-state index contributed by atoms with van der Waals surface area (Å²) in [6, 6.07) is 16.7. The van der Waals surface area contributed by atoms with E-state index < -0.39 is 6.18 Å². The van der Waals surface area contributed by atoms with Crippen molar-refractivity contribution in [2.75, 3.05) is 39.1 Å². The van der Waals surface area contributed by atoms with Crippen molar-refractivity contribution in [2.24, 2.45) is 0 Å². The number of anilines is 1. The highest BCUT2D eigenvalue weighted by atomic mass is 19.4. The smallest absolute Gasteiger partial charge is 0.386 e. The predicted octanol–water partition coefficient (Wildman–Crippen LogP) is 13.4. The van der Waals surface area contributed by atoms with E-state index in [-0.39, 0.29) is 13.0 Å². The molecule has 0 aromatic heterocycles. The predicted molar refractivity (Wildman–Crippen MR) is 242 cm³/mol. The molecule has 0 spiro atoms. The van der Waals surface area contributed by atoms with E-state index in [1.165, 1.54) is 102 Å². The lowest BCUT2D eigenvalue weighted by atomic mass is 9.80. The number of aldehydes is 1. The number of nitrogens with one attached hydrogen (secondary N) is 3. The summed E-state index contributed by atoms with van der Waals surface area (Å²) in [5, 5.41) is 16.6. The number of allylic oxidation sites excluding steroid dienone is 1. The van der Waals surface area contributed by atoms with Gasteiger partial charge in [-0.05, 0) is 120 Å². The van der Waals surface area contributed by atoms with E-state index in [0.29, 0.717) is 0 Å². The van der Waals surface area contributed by atoms with Crippen LogP contribution in [0.2, 0.25) is 0 Å². The number of rotatable bonds is 9. The van der Waals surface area contributed by atoms with Crippen LogP contribution in [0, 0.1) is 6.92 Å². The summed E-state index contributed by atoms with van der Waals surface area (Å²) in [4.78, 5) is 24.0. The van der Waals surface area contributed by atoms with Crippen molar-refractivity contribution in [3.8, 4) is 0 Å². The molecule has 7 nitrogen and oxygen atoms in total. The number of unbranched alkanes of at least 4 members (excludes halogenated alkanes) is 2. The van der Waals surface area contributed by atoms with Gasteiger partial charge >= 0.3 is 12.2 Å². The van der Waals surface area contributed by atoms with Crippen molar-refractivity contribution in [1.82, 2.24) is 15.5 Å². The van der Waals surface area contributed by atoms with Crippen molar-refractivity contribution < 1.29 is 27.9 Å². The van der Waals surface area contributed by atoms with Gasteiger partial charge in [-0.1, -0.05) is 122 Å². The van der Waals surface area contributed by atoms with E-state index in [2.05, 4.69) is 55.1 Å². The van der Waals surface area contributed by atoms with E-state index in [1.54, 1.807) is 5.57 Å². The molecule has 2 aromatic carbocycles. The minimum absolute atomic E-state index is 0.0453. The van der Waals surface area contributed by atoms with Crippen molar-refractivity contribution in [3.05, 3.63) is 77.0 Å². The van der Waals surface area contributed by atoms with Crippen LogP contribution in [0.5, 0.6) is 0 Å². The Balaban J connectivity index is 0. The maximum absolute atomic E-state index is 11.9. The molecule has 334 valence electrons. The minimum Gasteiger partial charge on any atom is -0.400 e. The second-order valence-electron chi connectivity index (χ2n) is 14.7. The number of alkyl halides is 3. The summed E-state index contributed by atoms with van der Waals surface area (Å²) < 4.78 is 31.1. The van der Waals surface area contributed by atoms with Gasteiger partial charge in [0.25, 0.3) is 0 Å². The first-order chi connectivity index (χ1) is 27.9. The zero-order valence-electron chi connectivity index (χ0n) is 37.9. The van der Waals surface area contributed by atoms with Crippen LogP contribution >= 0.6 is 0 Å². The Labute approximate surface area is 352 Å². The SMILES string of the molecule is C(NC1CCCCC1)=C1CCC1.CC.CC(F)(F)F.CCCC.CCCCNC.CO.Cc1ccccc1C=O.O=C(Nc1ccc(C2CCC2)cc1)N1CCCC1. The largest absolute Gasteiger partial charge is 0.400 e. The number of aliphatic hydroxyl groups excluding tert-OH is 1. The van der Waals surface area contributed by atoms with Crippen LogP contribution < -0.4 is 16.0 Å². The number of hydrogen-bond acceptors (Lipinski definition) is 5. The average Bonchev–Trinajstić information content (AvgIpc) is 3.75. The van der Waals surface area contributed by atoms with E-state index in [1.807, 2.05) is 69.1 Å². The van der Waals surface area contributed by atoms with Gasteiger partial charge in [0, 0.05) is 44.4 Å². The van der Waals surface area contributed by atoms with E-state index in [4.69, 9.17) is 5.11 Å². The number of carbonyl (C=O) groups is 2. The van der Waals surface area contributed by atoms with E-state index in [0.717, 1.165) is 74.6 Å². The molecular weight excluding hydrogens is 738 g/mol. The molecule has 0 atom stereocenters. The molecule has 2 aromatic rings. The molecule has 1 heterocycles. The first-order valence-electron chi connectivity index (χ1n) is 22.2. The average molecular weight is 821 g/mol. The van der Waals surface area contributed by atoms with Gasteiger partial charge < -0.3 is 26.0 Å². The molecule has 3 aliphatic carbocycles. The lowest BCUT2D eigenvalue weighted by Crippen LogP contribution is -2.32. The standard InChI is InChI=1S/C15H20N2O.C11H19N.C8H8O.C5H13N.C4H10.C2H3F3.C2H6.CH4O/c18-15(17-10-1-2-11-17)16-14-8-6-13(7-9-14)12-4-3-5-12;1-2-7-11(8-3-1)12-9-10-5-4-6-10;1-7-4-2-3-5-8(7)6-9;1-3-4-5-6-2;1-3-4-2;1-2(3,4)5;2*1-2/h6-9,12H,1-5,10-11H2,(H,16,18);9,11-12H,1-8H2;2-6H,1H3;6H,3-5H2,1-2H3;3-4H2,1-2H3;1H3;1-2H3;2H,1H3. The lowest BCUT2D eigenvalue weighted by Gasteiger charge is -2.26. The maximum atomic E-state index is 11.9. The van der Waals surface area contributed by atoms with Gasteiger partial charge in [-0.2, -0.15) is 13.2 Å². The Morgan fingerprint density at radius 2 is 1.36 bits per heavy atom. The minimum atomic E-state index is -4.00. The summed E-state index contributed by atoms with van der Waals surface area (Å²) in [5.74, 6) is 0.758. The molecule has 4 N–H and O–H groups in total. The first-order valence-corrected chi connectivity index (χ1v) is 22.2. The Morgan fingerprint density at radius 3 is 1.74 bits per heavy atom. The van der Waals surface area contributed by atoms with Gasteiger partial charge in [0.05, 0.1) is 0 Å². The number of nitrogens with zero attached hydrogens (tertiary/aromatic N) is 1. The number of halogens is 3. The Morgan fingerprint density at radius 1 is 0.810 bits per heavy atom. The normalized spacial score (nSPS) is 15.3. The molecule has 0 unspecified atom stereocenters. The van der Waals surface area contributed by atoms with Crippen LogP contribution in [-0.4, -0.2) is 68.3 Å². The Kier molecular flexibility index (Phi) is 37.0. The van der Waals surface area contributed by atoms with Gasteiger partial charge in [-0.25, -0.2) is 4.79 Å². The van der Waals surface area contributed by atoms with Crippen LogP contribution in [-0.2, 0) is 0 Å². The second kappa shape index (κ2) is 37.9. The topological polar surface area (TPSA) is 93.7 Å². The lowest BCUT2D eigenvalue weighted by molar-refractivity contribution is -0.110. The zero-order chi connectivity index (χ0) is 44.0. The fourth-order valence-corrected chi connectivity index (χ4v) is 5.81. The molecule has 58 heavy (non-hydrogen) atoms. The molecule has 4 fully saturated rings. The van der Waals surface area contributed by atoms with Crippen LogP contribution in [0.3, 0.4) is 0 Å². The summed E-state index contributed by atoms with van der Waals surface area (Å²) in [6.45, 7) is 15.6. The second-order valence-corrected chi connectivity index (χ2v) is 14.7. The molecule has 10 heteroatoms. The van der Waals surface area contributed by atoms with Crippen molar-refractivity contribution in [1.29, 1.82) is 0 Å². The highest BCUT2D eigenvalue weighted by Gasteiger charge is 2.20. The molecule has 4 aliphatic rings. The molecule has 1 saturated heterocycles. The molecule has 3 saturated carbocycles. The molecule has 0 bridgehead atoms. The monoisotopic (exact) mass is 821 g/mol. The number of amides is 2. The highest BCUT2D eigenvalue weighted by molar-refractivity contribution is 5.89. The number of likely N-dealkylation sites (tertiary alicyclic amines) is 1. The van der Waals surface area contributed by atoms with Crippen LogP contribution in [0.1, 0.15) is 178 Å². The maximum Gasteiger partial charge on any atom is 0.386 e.